The number of hydrogen-bond acceptors (Lipinski definition) is 7. The molecule has 0 bridgehead atoms. The summed E-state index contributed by atoms with van der Waals surface area (Å²) in [5, 5.41) is 18.4. The maximum absolute atomic E-state index is 8.36. The highest BCUT2D eigenvalue weighted by Gasteiger charge is 2.22. The second-order valence-electron chi connectivity index (χ2n) is 6.00. The van der Waals surface area contributed by atoms with E-state index in [0.717, 1.165) is 25.0 Å². The maximum atomic E-state index is 8.36. The fourth-order valence-corrected chi connectivity index (χ4v) is 2.86. The molecular formula is C17H24N4O4. The van der Waals surface area contributed by atoms with E-state index in [2.05, 4.69) is 27.6 Å². The number of nitrogens with zero attached hydrogens (tertiary/aromatic N) is 3. The summed E-state index contributed by atoms with van der Waals surface area (Å²) in [4.78, 5) is 10.4. The summed E-state index contributed by atoms with van der Waals surface area (Å²) in [6, 6.07) is 6.95. The SMILES string of the molecule is COc1ccc2c(c1)CCCC2Nc1nnc(CN(C)C)o1.O=CO. The molecule has 1 aromatic heterocycles. The Morgan fingerprint density at radius 1 is 1.44 bits per heavy atom. The normalized spacial score (nSPS) is 15.8. The van der Waals surface area contributed by atoms with Crippen molar-refractivity contribution in [2.24, 2.45) is 0 Å². The summed E-state index contributed by atoms with van der Waals surface area (Å²) in [6.07, 6.45) is 3.28. The van der Waals surface area contributed by atoms with Crippen LogP contribution in [0.3, 0.4) is 0 Å². The molecule has 1 atom stereocenters. The molecule has 0 aliphatic heterocycles. The minimum atomic E-state index is -0.250. The second kappa shape index (κ2) is 9.03. The Bertz CT molecular complexity index is 687. The van der Waals surface area contributed by atoms with E-state index in [-0.39, 0.29) is 12.5 Å². The van der Waals surface area contributed by atoms with Crippen molar-refractivity contribution in [3.63, 3.8) is 0 Å². The van der Waals surface area contributed by atoms with E-state index in [0.29, 0.717) is 18.5 Å². The smallest absolute Gasteiger partial charge is 0.315 e. The topological polar surface area (TPSA) is 101 Å². The predicted octanol–water partition coefficient (Wildman–Crippen LogP) is 2.33. The lowest BCUT2D eigenvalue weighted by molar-refractivity contribution is -0.122. The maximum Gasteiger partial charge on any atom is 0.315 e. The molecule has 0 saturated heterocycles. The van der Waals surface area contributed by atoms with E-state index >= 15 is 0 Å². The Labute approximate surface area is 146 Å². The molecule has 0 radical (unpaired) electrons. The predicted molar refractivity (Wildman–Crippen MR) is 92.7 cm³/mol. The van der Waals surface area contributed by atoms with Crippen molar-refractivity contribution in [2.45, 2.75) is 31.8 Å². The molecule has 1 heterocycles. The third kappa shape index (κ3) is 5.18. The number of aromatic nitrogens is 2. The summed E-state index contributed by atoms with van der Waals surface area (Å²) in [5.74, 6) is 1.53. The number of anilines is 1. The second-order valence-corrected chi connectivity index (χ2v) is 6.00. The van der Waals surface area contributed by atoms with Crippen molar-refractivity contribution in [3.8, 4) is 5.75 Å². The number of fused-ring (bicyclic) bond motifs is 1. The van der Waals surface area contributed by atoms with E-state index in [1.165, 1.54) is 11.1 Å². The lowest BCUT2D eigenvalue weighted by Gasteiger charge is -2.26. The molecule has 1 unspecified atom stereocenters. The first-order chi connectivity index (χ1) is 12.1. The number of hydrogen-bond donors (Lipinski definition) is 2. The van der Waals surface area contributed by atoms with Crippen LogP contribution in [0.1, 0.15) is 35.9 Å². The van der Waals surface area contributed by atoms with E-state index in [4.69, 9.17) is 19.1 Å². The van der Waals surface area contributed by atoms with Gasteiger partial charge in [0.25, 0.3) is 6.47 Å². The fourth-order valence-electron chi connectivity index (χ4n) is 2.86. The van der Waals surface area contributed by atoms with Gasteiger partial charge in [-0.25, -0.2) is 0 Å². The number of benzene rings is 1. The number of ether oxygens (including phenoxy) is 1. The summed E-state index contributed by atoms with van der Waals surface area (Å²) < 4.78 is 11.0. The van der Waals surface area contributed by atoms with Crippen LogP contribution in [0.25, 0.3) is 0 Å². The van der Waals surface area contributed by atoms with E-state index in [9.17, 15) is 0 Å². The lowest BCUT2D eigenvalue weighted by atomic mass is 9.87. The van der Waals surface area contributed by atoms with Crippen LogP contribution in [-0.4, -0.2) is 47.9 Å². The molecule has 1 aliphatic carbocycles. The third-order valence-electron chi connectivity index (χ3n) is 3.88. The minimum Gasteiger partial charge on any atom is -0.497 e. The number of nitrogens with one attached hydrogen (secondary N) is 1. The van der Waals surface area contributed by atoms with Crippen LogP contribution in [0.4, 0.5) is 6.01 Å². The Kier molecular flexibility index (Phi) is 6.76. The van der Waals surface area contributed by atoms with Gasteiger partial charge in [0.1, 0.15) is 5.75 Å². The van der Waals surface area contributed by atoms with Gasteiger partial charge in [-0.05, 0) is 56.6 Å². The van der Waals surface area contributed by atoms with Gasteiger partial charge in [-0.3, -0.25) is 4.79 Å². The van der Waals surface area contributed by atoms with Gasteiger partial charge >= 0.3 is 6.01 Å². The Morgan fingerprint density at radius 2 is 2.20 bits per heavy atom. The largest absolute Gasteiger partial charge is 0.497 e. The molecule has 0 saturated carbocycles. The summed E-state index contributed by atoms with van der Waals surface area (Å²) in [5.41, 5.74) is 2.62. The van der Waals surface area contributed by atoms with Crippen LogP contribution in [0.5, 0.6) is 5.75 Å². The first kappa shape index (κ1) is 18.7. The first-order valence-electron chi connectivity index (χ1n) is 8.05. The number of methoxy groups -OCH3 is 1. The molecule has 1 aromatic carbocycles. The monoisotopic (exact) mass is 348 g/mol. The molecule has 1 aliphatic rings. The fraction of sp³-hybridized carbons (Fsp3) is 0.471. The van der Waals surface area contributed by atoms with Crippen LogP contribution >= 0.6 is 0 Å². The molecule has 0 fully saturated rings. The Balaban J connectivity index is 0.000000701. The Hall–Kier alpha value is -2.61. The average molecular weight is 348 g/mol. The van der Waals surface area contributed by atoms with Gasteiger partial charge in [0.05, 0.1) is 19.7 Å². The zero-order chi connectivity index (χ0) is 18.2. The van der Waals surface area contributed by atoms with Crippen molar-refractivity contribution in [3.05, 3.63) is 35.2 Å². The summed E-state index contributed by atoms with van der Waals surface area (Å²) in [7, 11) is 5.65. The van der Waals surface area contributed by atoms with Crippen molar-refractivity contribution in [1.82, 2.24) is 15.1 Å². The molecule has 2 N–H and O–H groups in total. The Morgan fingerprint density at radius 3 is 2.88 bits per heavy atom. The molecule has 136 valence electrons. The number of carboxylic acid groups (broad SMARTS) is 1. The van der Waals surface area contributed by atoms with E-state index < -0.39 is 0 Å². The first-order valence-corrected chi connectivity index (χ1v) is 8.05. The molecule has 2 aromatic rings. The summed E-state index contributed by atoms with van der Waals surface area (Å²) >= 11 is 0. The summed E-state index contributed by atoms with van der Waals surface area (Å²) in [6.45, 7) is 0.396. The van der Waals surface area contributed by atoms with Crippen LogP contribution < -0.4 is 10.1 Å². The minimum absolute atomic E-state index is 0.210. The van der Waals surface area contributed by atoms with Crippen molar-refractivity contribution >= 4 is 12.5 Å². The van der Waals surface area contributed by atoms with Crippen molar-refractivity contribution < 1.29 is 19.1 Å². The van der Waals surface area contributed by atoms with E-state index in [1.807, 2.05) is 25.1 Å². The highest BCUT2D eigenvalue weighted by Crippen LogP contribution is 2.34. The lowest BCUT2D eigenvalue weighted by Crippen LogP contribution is -2.17. The molecule has 8 nitrogen and oxygen atoms in total. The molecular weight excluding hydrogens is 324 g/mol. The number of aryl methyl sites for hydroxylation is 1. The zero-order valence-electron chi connectivity index (χ0n) is 14.7. The zero-order valence-corrected chi connectivity index (χ0v) is 14.7. The van der Waals surface area contributed by atoms with Gasteiger partial charge in [0, 0.05) is 0 Å². The van der Waals surface area contributed by atoms with Crippen LogP contribution in [-0.2, 0) is 17.8 Å². The average Bonchev–Trinajstić information content (AvgIpc) is 3.01. The quantitative estimate of drug-likeness (QED) is 0.794. The van der Waals surface area contributed by atoms with Gasteiger partial charge in [-0.1, -0.05) is 11.2 Å². The molecule has 3 rings (SSSR count). The molecule has 25 heavy (non-hydrogen) atoms. The highest BCUT2D eigenvalue weighted by molar-refractivity contribution is 5.42. The molecule has 0 spiro atoms. The standard InChI is InChI=1S/C16H22N4O2.CH2O2/c1-20(2)10-15-18-19-16(22-15)17-14-6-4-5-11-9-12(21-3)7-8-13(11)14;2-1-3/h7-9,14H,4-6,10H2,1-3H3,(H,17,19);1H,(H,2,3). The number of rotatable bonds is 5. The molecule has 8 heteroatoms. The van der Waals surface area contributed by atoms with E-state index in [1.54, 1.807) is 7.11 Å². The molecule has 0 amide bonds. The van der Waals surface area contributed by atoms with Crippen molar-refractivity contribution in [1.29, 1.82) is 0 Å². The number of carbonyl (C=O) groups is 1. The van der Waals surface area contributed by atoms with Crippen LogP contribution in [0.15, 0.2) is 22.6 Å². The van der Waals surface area contributed by atoms with Gasteiger partial charge in [-0.2, -0.15) is 0 Å². The van der Waals surface area contributed by atoms with Gasteiger partial charge < -0.3 is 24.5 Å². The van der Waals surface area contributed by atoms with Gasteiger partial charge in [0.2, 0.25) is 5.89 Å². The van der Waals surface area contributed by atoms with Gasteiger partial charge in [0.15, 0.2) is 0 Å². The third-order valence-corrected chi connectivity index (χ3v) is 3.88. The highest BCUT2D eigenvalue weighted by atomic mass is 16.5. The van der Waals surface area contributed by atoms with Crippen molar-refractivity contribution in [2.75, 3.05) is 26.5 Å². The van der Waals surface area contributed by atoms with Crippen LogP contribution in [0.2, 0.25) is 0 Å². The van der Waals surface area contributed by atoms with Gasteiger partial charge in [-0.15, -0.1) is 5.10 Å². The van der Waals surface area contributed by atoms with Crippen LogP contribution in [0, 0.1) is 0 Å².